The van der Waals surface area contributed by atoms with E-state index in [-0.39, 0.29) is 17.5 Å². The molecule has 0 aliphatic carbocycles. The van der Waals surface area contributed by atoms with Crippen molar-refractivity contribution in [1.29, 1.82) is 0 Å². The first-order valence-electron chi connectivity index (χ1n) is 11.4. The Kier molecular flexibility index (Phi) is 6.09. The van der Waals surface area contributed by atoms with Crippen molar-refractivity contribution < 1.29 is 13.6 Å². The summed E-state index contributed by atoms with van der Waals surface area (Å²) in [6, 6.07) is 13.6. The maximum atomic E-state index is 14.6. The van der Waals surface area contributed by atoms with Gasteiger partial charge in [-0.1, -0.05) is 18.2 Å². The van der Waals surface area contributed by atoms with E-state index in [2.05, 4.69) is 27.4 Å². The fraction of sp³-hybridized carbons (Fsp3) is 0.360. The van der Waals surface area contributed by atoms with Gasteiger partial charge in [0.1, 0.15) is 11.5 Å². The number of piperazine rings is 1. The zero-order chi connectivity index (χ0) is 22.8. The van der Waals surface area contributed by atoms with Crippen LogP contribution in [0.1, 0.15) is 34.8 Å². The zero-order valence-electron chi connectivity index (χ0n) is 18.4. The second-order valence-electron chi connectivity index (χ2n) is 8.59. The largest absolute Gasteiger partial charge is 0.368 e. The number of carbonyl (C=O) groups is 1. The second-order valence-corrected chi connectivity index (χ2v) is 8.59. The molecule has 1 aromatic heterocycles. The number of nitrogens with one attached hydrogen (secondary N) is 1. The van der Waals surface area contributed by atoms with Crippen LogP contribution in [0.25, 0.3) is 5.69 Å². The SMILES string of the molecule is O=C(c1cnn(-c2ccc(F)cc2F)c1C1CCNCC1)N1CCN(c2ccccc2)CC1. The Morgan fingerprint density at radius 3 is 2.39 bits per heavy atom. The highest BCUT2D eigenvalue weighted by Gasteiger charge is 2.31. The lowest BCUT2D eigenvalue weighted by Gasteiger charge is -2.36. The molecule has 33 heavy (non-hydrogen) atoms. The maximum absolute atomic E-state index is 14.6. The number of halogens is 2. The Morgan fingerprint density at radius 1 is 0.970 bits per heavy atom. The van der Waals surface area contributed by atoms with E-state index in [1.54, 1.807) is 6.20 Å². The molecule has 0 saturated carbocycles. The molecule has 0 bridgehead atoms. The van der Waals surface area contributed by atoms with Crippen molar-refractivity contribution in [3.05, 3.63) is 77.6 Å². The lowest BCUT2D eigenvalue weighted by Crippen LogP contribution is -2.49. The van der Waals surface area contributed by atoms with Crippen molar-refractivity contribution in [3.8, 4) is 5.69 Å². The van der Waals surface area contributed by atoms with Gasteiger partial charge in [0.15, 0.2) is 5.82 Å². The molecule has 2 fully saturated rings. The summed E-state index contributed by atoms with van der Waals surface area (Å²) in [4.78, 5) is 17.7. The van der Waals surface area contributed by atoms with Gasteiger partial charge in [0.25, 0.3) is 5.91 Å². The van der Waals surface area contributed by atoms with E-state index in [0.29, 0.717) is 18.7 Å². The molecular formula is C25H27F2N5O. The van der Waals surface area contributed by atoms with Gasteiger partial charge in [-0.05, 0) is 50.2 Å². The summed E-state index contributed by atoms with van der Waals surface area (Å²) in [6.45, 7) is 4.36. The van der Waals surface area contributed by atoms with E-state index in [1.807, 2.05) is 23.1 Å². The molecule has 1 amide bonds. The number of piperidine rings is 1. The third-order valence-corrected chi connectivity index (χ3v) is 6.59. The van der Waals surface area contributed by atoms with Crippen LogP contribution in [0.3, 0.4) is 0 Å². The summed E-state index contributed by atoms with van der Waals surface area (Å²) < 4.78 is 29.6. The number of hydrogen-bond donors (Lipinski definition) is 1. The lowest BCUT2D eigenvalue weighted by atomic mass is 9.91. The Hall–Kier alpha value is -3.26. The van der Waals surface area contributed by atoms with Gasteiger partial charge < -0.3 is 15.1 Å². The molecule has 8 heteroatoms. The lowest BCUT2D eigenvalue weighted by molar-refractivity contribution is 0.0744. The molecule has 6 nitrogen and oxygen atoms in total. The van der Waals surface area contributed by atoms with Crippen molar-refractivity contribution in [2.24, 2.45) is 0 Å². The molecule has 2 aliphatic rings. The number of nitrogens with zero attached hydrogens (tertiary/aromatic N) is 4. The molecule has 0 unspecified atom stereocenters. The number of carbonyl (C=O) groups excluding carboxylic acids is 1. The van der Waals surface area contributed by atoms with E-state index in [4.69, 9.17) is 0 Å². The van der Waals surface area contributed by atoms with Crippen LogP contribution < -0.4 is 10.2 Å². The molecule has 2 saturated heterocycles. The van der Waals surface area contributed by atoms with Crippen LogP contribution >= 0.6 is 0 Å². The predicted molar refractivity (Wildman–Crippen MR) is 123 cm³/mol. The summed E-state index contributed by atoms with van der Waals surface area (Å²) in [5, 5.41) is 7.74. The first-order chi connectivity index (χ1) is 16.1. The number of aromatic nitrogens is 2. The van der Waals surface area contributed by atoms with Gasteiger partial charge in [-0.25, -0.2) is 13.5 Å². The zero-order valence-corrected chi connectivity index (χ0v) is 18.4. The summed E-state index contributed by atoms with van der Waals surface area (Å²) in [6.07, 6.45) is 3.21. The van der Waals surface area contributed by atoms with E-state index in [0.717, 1.165) is 56.5 Å². The van der Waals surface area contributed by atoms with Crippen molar-refractivity contribution >= 4 is 11.6 Å². The molecular weight excluding hydrogens is 424 g/mol. The Labute approximate surface area is 191 Å². The second kappa shape index (κ2) is 9.31. The van der Waals surface area contributed by atoms with Crippen molar-refractivity contribution in [2.45, 2.75) is 18.8 Å². The van der Waals surface area contributed by atoms with Crippen LogP contribution in [0.5, 0.6) is 0 Å². The van der Waals surface area contributed by atoms with E-state index in [9.17, 15) is 13.6 Å². The van der Waals surface area contributed by atoms with Crippen molar-refractivity contribution in [1.82, 2.24) is 20.0 Å². The molecule has 3 heterocycles. The van der Waals surface area contributed by atoms with Crippen molar-refractivity contribution in [2.75, 3.05) is 44.2 Å². The smallest absolute Gasteiger partial charge is 0.257 e. The van der Waals surface area contributed by atoms with Crippen molar-refractivity contribution in [3.63, 3.8) is 0 Å². The molecule has 1 N–H and O–H groups in total. The Bertz CT molecular complexity index is 1120. The van der Waals surface area contributed by atoms with Crippen LogP contribution in [-0.2, 0) is 0 Å². The van der Waals surface area contributed by atoms with Crippen LogP contribution in [0.15, 0.2) is 54.7 Å². The molecule has 2 aromatic carbocycles. The van der Waals surface area contributed by atoms with Gasteiger partial charge in [-0.2, -0.15) is 5.10 Å². The molecule has 2 aliphatic heterocycles. The third kappa shape index (κ3) is 4.35. The number of rotatable bonds is 4. The molecule has 3 aromatic rings. The minimum absolute atomic E-state index is 0.0720. The number of hydrogen-bond acceptors (Lipinski definition) is 4. The molecule has 0 atom stereocenters. The number of benzene rings is 2. The van der Waals surface area contributed by atoms with E-state index < -0.39 is 11.6 Å². The number of para-hydroxylation sites is 1. The molecule has 172 valence electrons. The van der Waals surface area contributed by atoms with Gasteiger partial charge in [0.2, 0.25) is 0 Å². The highest BCUT2D eigenvalue weighted by Crippen LogP contribution is 2.32. The topological polar surface area (TPSA) is 53.4 Å². The van der Waals surface area contributed by atoms with Gasteiger partial charge in [-0.3, -0.25) is 4.79 Å². The van der Waals surface area contributed by atoms with E-state index >= 15 is 0 Å². The normalized spacial score (nSPS) is 17.4. The minimum Gasteiger partial charge on any atom is -0.368 e. The summed E-state index contributed by atoms with van der Waals surface area (Å²) >= 11 is 0. The summed E-state index contributed by atoms with van der Waals surface area (Å²) in [5.41, 5.74) is 2.55. The fourth-order valence-corrected chi connectivity index (χ4v) is 4.83. The Morgan fingerprint density at radius 2 is 1.70 bits per heavy atom. The fourth-order valence-electron chi connectivity index (χ4n) is 4.83. The maximum Gasteiger partial charge on any atom is 0.257 e. The van der Waals surface area contributed by atoms with Crippen LogP contribution in [0.4, 0.5) is 14.5 Å². The van der Waals surface area contributed by atoms with Gasteiger partial charge >= 0.3 is 0 Å². The number of amides is 1. The van der Waals surface area contributed by atoms with Gasteiger partial charge in [0.05, 0.1) is 17.5 Å². The van der Waals surface area contributed by atoms with E-state index in [1.165, 1.54) is 16.8 Å². The first-order valence-corrected chi connectivity index (χ1v) is 11.4. The summed E-state index contributed by atoms with van der Waals surface area (Å²) in [5.74, 6) is -1.34. The standard InChI is InChI=1S/C25H27F2N5O/c26-19-6-7-23(22(27)16-19)32-24(18-8-10-28-11-9-18)21(17-29-32)25(33)31-14-12-30(13-15-31)20-4-2-1-3-5-20/h1-7,16-18,28H,8-15H2. The van der Waals surface area contributed by atoms with Crippen LogP contribution in [-0.4, -0.2) is 59.9 Å². The average Bonchev–Trinajstić information content (AvgIpc) is 3.29. The first kappa shape index (κ1) is 21.6. The number of anilines is 1. The summed E-state index contributed by atoms with van der Waals surface area (Å²) in [7, 11) is 0. The highest BCUT2D eigenvalue weighted by atomic mass is 19.1. The quantitative estimate of drug-likeness (QED) is 0.659. The Balaban J connectivity index is 1.43. The molecule has 5 rings (SSSR count). The predicted octanol–water partition coefficient (Wildman–Crippen LogP) is 3.58. The highest BCUT2D eigenvalue weighted by molar-refractivity contribution is 5.95. The van der Waals surface area contributed by atoms with Crippen LogP contribution in [0.2, 0.25) is 0 Å². The van der Waals surface area contributed by atoms with Gasteiger partial charge in [0, 0.05) is 43.9 Å². The molecule has 0 radical (unpaired) electrons. The minimum atomic E-state index is -0.691. The average molecular weight is 452 g/mol. The third-order valence-electron chi connectivity index (χ3n) is 6.59. The van der Waals surface area contributed by atoms with Gasteiger partial charge in [-0.15, -0.1) is 0 Å². The van der Waals surface area contributed by atoms with Crippen LogP contribution in [0, 0.1) is 11.6 Å². The molecule has 0 spiro atoms. The monoisotopic (exact) mass is 451 g/mol.